The molecule has 1 aliphatic rings. The Kier molecular flexibility index (Phi) is 5.71. The largest absolute Gasteiger partial charge is 0.493 e. The molecule has 1 amide bonds. The van der Waals surface area contributed by atoms with E-state index in [4.69, 9.17) is 19.9 Å². The highest BCUT2D eigenvalue weighted by atomic mass is 16.6. The number of hydrazine groups is 1. The van der Waals surface area contributed by atoms with Gasteiger partial charge in [-0.1, -0.05) is 31.2 Å². The van der Waals surface area contributed by atoms with Gasteiger partial charge in [0.1, 0.15) is 6.61 Å². The first-order valence-corrected chi connectivity index (χ1v) is 8.85. The summed E-state index contributed by atoms with van der Waals surface area (Å²) >= 11 is 0. The molecule has 1 heterocycles. The van der Waals surface area contributed by atoms with Gasteiger partial charge in [-0.15, -0.1) is 0 Å². The van der Waals surface area contributed by atoms with Crippen molar-refractivity contribution in [1.29, 1.82) is 0 Å². The van der Waals surface area contributed by atoms with Crippen molar-refractivity contribution in [2.24, 2.45) is 0 Å². The molecule has 1 atom stereocenters. The number of carbonyl (C=O) groups is 1. The van der Waals surface area contributed by atoms with E-state index in [1.54, 1.807) is 19.2 Å². The molecular formula is C20H25N3O4. The van der Waals surface area contributed by atoms with Gasteiger partial charge < -0.3 is 19.9 Å². The fourth-order valence-electron chi connectivity index (χ4n) is 3.30. The van der Waals surface area contributed by atoms with Crippen LogP contribution in [0.4, 0.5) is 10.5 Å². The van der Waals surface area contributed by atoms with Crippen molar-refractivity contribution in [3.05, 3.63) is 53.6 Å². The molecule has 3 rings (SSSR count). The maximum atomic E-state index is 12.5. The number of carbonyl (C=O) groups excluding carboxylic acids is 1. The van der Waals surface area contributed by atoms with E-state index < -0.39 is 0 Å². The summed E-state index contributed by atoms with van der Waals surface area (Å²) in [6, 6.07) is 13.1. The van der Waals surface area contributed by atoms with Gasteiger partial charge in [0, 0.05) is 12.2 Å². The van der Waals surface area contributed by atoms with E-state index in [2.05, 4.69) is 0 Å². The quantitative estimate of drug-likeness (QED) is 0.786. The van der Waals surface area contributed by atoms with Gasteiger partial charge in [-0.2, -0.15) is 0 Å². The van der Waals surface area contributed by atoms with Gasteiger partial charge >= 0.3 is 6.09 Å². The van der Waals surface area contributed by atoms with Crippen molar-refractivity contribution >= 4 is 11.8 Å². The zero-order chi connectivity index (χ0) is 19.4. The average Bonchev–Trinajstić information content (AvgIpc) is 2.70. The number of nitrogens with two attached hydrogens (primary N) is 1. The van der Waals surface area contributed by atoms with Crippen LogP contribution in [-0.4, -0.2) is 43.5 Å². The number of para-hydroxylation sites is 1. The Morgan fingerprint density at radius 3 is 2.56 bits per heavy atom. The molecule has 7 nitrogen and oxygen atoms in total. The number of likely N-dealkylation sites (N-methyl/N-ethyl adjacent to an activating group) is 1. The molecule has 0 aromatic heterocycles. The lowest BCUT2D eigenvalue weighted by atomic mass is 10.1. The molecule has 0 bridgehead atoms. The zero-order valence-corrected chi connectivity index (χ0v) is 15.8. The number of anilines is 1. The van der Waals surface area contributed by atoms with Crippen LogP contribution in [-0.2, 0) is 11.3 Å². The SMILES string of the molecule is CCN1C(c2ccc(OC)c(OC)c2)COC(=O)N1Cc1ccccc1N. The first-order valence-electron chi connectivity index (χ1n) is 8.85. The number of ether oxygens (including phenoxy) is 3. The smallest absolute Gasteiger partial charge is 0.424 e. The predicted molar refractivity (Wildman–Crippen MR) is 102 cm³/mol. The number of methoxy groups -OCH3 is 2. The molecule has 2 aromatic carbocycles. The van der Waals surface area contributed by atoms with Crippen LogP contribution in [0.15, 0.2) is 42.5 Å². The van der Waals surface area contributed by atoms with Crippen molar-refractivity contribution in [2.75, 3.05) is 33.1 Å². The maximum absolute atomic E-state index is 12.5. The minimum atomic E-state index is -0.378. The summed E-state index contributed by atoms with van der Waals surface area (Å²) in [7, 11) is 3.20. The van der Waals surface area contributed by atoms with E-state index >= 15 is 0 Å². The number of nitrogen functional groups attached to an aromatic ring is 1. The van der Waals surface area contributed by atoms with Gasteiger partial charge in [0.05, 0.1) is 26.8 Å². The minimum Gasteiger partial charge on any atom is -0.493 e. The number of hydrogen-bond acceptors (Lipinski definition) is 6. The Labute approximate surface area is 159 Å². The van der Waals surface area contributed by atoms with Crippen molar-refractivity contribution in [3.8, 4) is 11.5 Å². The van der Waals surface area contributed by atoms with E-state index in [1.165, 1.54) is 0 Å². The molecule has 1 fully saturated rings. The maximum Gasteiger partial charge on any atom is 0.424 e. The summed E-state index contributed by atoms with van der Waals surface area (Å²) in [5.41, 5.74) is 8.56. The topological polar surface area (TPSA) is 77.3 Å². The molecule has 2 N–H and O–H groups in total. The number of amides is 1. The third-order valence-corrected chi connectivity index (χ3v) is 4.74. The Morgan fingerprint density at radius 2 is 1.89 bits per heavy atom. The molecule has 1 saturated heterocycles. The second-order valence-corrected chi connectivity index (χ2v) is 6.22. The molecule has 0 saturated carbocycles. The van der Waals surface area contributed by atoms with Gasteiger partial charge in [0.25, 0.3) is 0 Å². The summed E-state index contributed by atoms with van der Waals surface area (Å²) in [6.45, 7) is 3.26. The zero-order valence-electron chi connectivity index (χ0n) is 15.8. The highest BCUT2D eigenvalue weighted by Crippen LogP contribution is 2.35. The first kappa shape index (κ1) is 18.8. The summed E-state index contributed by atoms with van der Waals surface area (Å²) in [4.78, 5) is 12.5. The highest BCUT2D eigenvalue weighted by molar-refractivity contribution is 5.68. The van der Waals surface area contributed by atoms with E-state index in [-0.39, 0.29) is 18.7 Å². The third-order valence-electron chi connectivity index (χ3n) is 4.74. The molecule has 7 heteroatoms. The van der Waals surface area contributed by atoms with Crippen LogP contribution < -0.4 is 15.2 Å². The minimum absolute atomic E-state index is 0.127. The van der Waals surface area contributed by atoms with Gasteiger partial charge in [0.15, 0.2) is 11.5 Å². The molecule has 27 heavy (non-hydrogen) atoms. The lowest BCUT2D eigenvalue weighted by molar-refractivity contribution is -0.109. The van der Waals surface area contributed by atoms with Crippen LogP contribution in [0, 0.1) is 0 Å². The second-order valence-electron chi connectivity index (χ2n) is 6.22. The summed E-state index contributed by atoms with van der Waals surface area (Å²) in [5.74, 6) is 1.30. The van der Waals surface area contributed by atoms with Gasteiger partial charge in [-0.25, -0.2) is 14.8 Å². The Morgan fingerprint density at radius 1 is 1.15 bits per heavy atom. The molecular weight excluding hydrogens is 346 g/mol. The van der Waals surface area contributed by atoms with Crippen LogP contribution in [0.5, 0.6) is 11.5 Å². The Hall–Kier alpha value is -2.93. The molecule has 0 spiro atoms. The fraction of sp³-hybridized carbons (Fsp3) is 0.350. The lowest BCUT2D eigenvalue weighted by Crippen LogP contribution is -2.53. The molecule has 2 aromatic rings. The van der Waals surface area contributed by atoms with Crippen molar-refractivity contribution in [2.45, 2.75) is 19.5 Å². The highest BCUT2D eigenvalue weighted by Gasteiger charge is 2.35. The van der Waals surface area contributed by atoms with Crippen molar-refractivity contribution < 1.29 is 19.0 Å². The summed E-state index contributed by atoms with van der Waals surface area (Å²) < 4.78 is 16.2. The Bertz CT molecular complexity index is 812. The molecule has 144 valence electrons. The second kappa shape index (κ2) is 8.18. The molecule has 1 unspecified atom stereocenters. The number of nitrogens with zero attached hydrogens (tertiary/aromatic N) is 2. The van der Waals surface area contributed by atoms with Crippen LogP contribution in [0.1, 0.15) is 24.1 Å². The van der Waals surface area contributed by atoms with Crippen LogP contribution in [0.25, 0.3) is 0 Å². The number of benzene rings is 2. The molecule has 0 radical (unpaired) electrons. The van der Waals surface area contributed by atoms with E-state index in [0.29, 0.717) is 30.3 Å². The molecule has 0 aliphatic carbocycles. The van der Waals surface area contributed by atoms with Crippen LogP contribution in [0.3, 0.4) is 0 Å². The van der Waals surface area contributed by atoms with E-state index in [1.807, 2.05) is 54.4 Å². The van der Waals surface area contributed by atoms with Crippen molar-refractivity contribution in [1.82, 2.24) is 10.0 Å². The predicted octanol–water partition coefficient (Wildman–Crippen LogP) is 3.22. The van der Waals surface area contributed by atoms with E-state index in [0.717, 1.165) is 11.1 Å². The average molecular weight is 371 g/mol. The first-order chi connectivity index (χ1) is 13.1. The number of hydrogen-bond donors (Lipinski definition) is 1. The van der Waals surface area contributed by atoms with E-state index in [9.17, 15) is 4.79 Å². The van der Waals surface area contributed by atoms with Crippen LogP contribution in [0.2, 0.25) is 0 Å². The summed E-state index contributed by atoms with van der Waals surface area (Å²) in [6.07, 6.45) is -0.378. The summed E-state index contributed by atoms with van der Waals surface area (Å²) in [5, 5.41) is 3.61. The number of cyclic esters (lactones) is 1. The fourth-order valence-corrected chi connectivity index (χ4v) is 3.30. The van der Waals surface area contributed by atoms with Gasteiger partial charge in [0.2, 0.25) is 0 Å². The van der Waals surface area contributed by atoms with Gasteiger partial charge in [-0.05, 0) is 29.3 Å². The monoisotopic (exact) mass is 371 g/mol. The third kappa shape index (κ3) is 3.78. The van der Waals surface area contributed by atoms with Crippen LogP contribution >= 0.6 is 0 Å². The number of rotatable bonds is 6. The standard InChI is InChI=1S/C20H25N3O4/c1-4-22-17(14-9-10-18(25-2)19(11-14)26-3)13-27-20(24)23(22)12-15-7-5-6-8-16(15)21/h5-11,17H,4,12-13,21H2,1-3H3. The van der Waals surface area contributed by atoms with Gasteiger partial charge in [-0.3, -0.25) is 0 Å². The molecule has 1 aliphatic heterocycles. The Balaban J connectivity index is 1.91. The van der Waals surface area contributed by atoms with Crippen molar-refractivity contribution in [3.63, 3.8) is 0 Å². The lowest BCUT2D eigenvalue weighted by Gasteiger charge is -2.43. The normalized spacial score (nSPS) is 17.5.